The van der Waals surface area contributed by atoms with Crippen LogP contribution >= 0.6 is 56.9 Å². The molecule has 0 fully saturated rings. The minimum Gasteiger partial charge on any atom is -0.380 e. The molecule has 94 heavy (non-hydrogen) atoms. The van der Waals surface area contributed by atoms with Crippen molar-refractivity contribution in [2.24, 2.45) is 0 Å². The first-order valence-corrected chi connectivity index (χ1v) is 34.7. The fourth-order valence-corrected chi connectivity index (χ4v) is 15.3. The molecule has 0 amide bonds. The Morgan fingerprint density at radius 1 is 0.532 bits per heavy atom. The van der Waals surface area contributed by atoms with Crippen LogP contribution in [-0.2, 0) is 50.0 Å². The number of thiazole rings is 4. The van der Waals surface area contributed by atoms with Gasteiger partial charge in [-0.05, 0) is 134 Å². The Hall–Kier alpha value is -8.85. The lowest BCUT2D eigenvalue weighted by molar-refractivity contribution is 0.101. The number of aryl methyl sites for hydroxylation is 1. The number of anilines is 2. The molecule has 0 radical (unpaired) electrons. The Balaban J connectivity index is 0.000000124. The number of benzene rings is 3. The van der Waals surface area contributed by atoms with Crippen LogP contribution in [0.25, 0.3) is 5.57 Å². The lowest BCUT2D eigenvalue weighted by atomic mass is 9.84. The molecule has 3 aliphatic rings. The smallest absolute Gasteiger partial charge is 0.185 e. The molecule has 9 aromatic heterocycles. The van der Waals surface area contributed by atoms with Crippen LogP contribution in [-0.4, -0.2) is 73.9 Å². The maximum Gasteiger partial charge on any atom is 0.185 e. The van der Waals surface area contributed by atoms with Gasteiger partial charge < -0.3 is 20.0 Å². The van der Waals surface area contributed by atoms with Crippen molar-refractivity contribution in [2.75, 3.05) is 22.9 Å². The molecule has 0 saturated carbocycles. The predicted molar refractivity (Wildman–Crippen MR) is 381 cm³/mol. The van der Waals surface area contributed by atoms with E-state index in [0.29, 0.717) is 26.7 Å². The molecule has 3 aromatic carbocycles. The average Bonchev–Trinajstić information content (AvgIpc) is 2.07. The van der Waals surface area contributed by atoms with Gasteiger partial charge in [-0.3, -0.25) is 29.7 Å². The molecule has 2 aliphatic heterocycles. The van der Waals surface area contributed by atoms with Gasteiger partial charge in [0.2, 0.25) is 0 Å². The third-order valence-corrected chi connectivity index (χ3v) is 22.0. The standard InChI is InChI=1S/C20H18N2S.C19H19N3OS.C19H19N3S.C10H9ClN2OS.C7H7NO/c1-14(18-7-4-10-21-12-18)19-13-22-20(23-19)17-9-8-15-5-2-3-6-16(15)11-17;1-19(23,16-7-4-9-20-11-16)17-12-21-18(24-17)22-10-8-14-5-2-3-6-15(14)13-22;1-14(16-7-4-9-20-11-16)18-12-21-19(23-18)22-10-8-15-5-2-3-6-17(15)13-22;1-10(14,7-3-2-4-12-5-7)8-6-13-9(11)15-8;1-6(9)7-3-2-4-8-5-7/h2-7,10,12-13,17H,1,8-9,11H2;2-7,9,11-12,23H,8,10,13H2,1H3;2-7,9,11-12,14H,8,10,13H2,1H3;2-6,14H,1H3;2-5H,1H3. The number of ketones is 1. The molecule has 12 aromatic rings. The second kappa shape index (κ2) is 31.4. The summed E-state index contributed by atoms with van der Waals surface area (Å²) in [6, 6.07) is 45.0. The largest absolute Gasteiger partial charge is 0.380 e. The average molecular weight is 1340 g/mol. The zero-order chi connectivity index (χ0) is 65.4. The van der Waals surface area contributed by atoms with Gasteiger partial charge in [0.05, 0.1) is 19.6 Å². The topological polar surface area (TPSA) is 180 Å². The molecule has 15 rings (SSSR count). The molecule has 476 valence electrons. The summed E-state index contributed by atoms with van der Waals surface area (Å²) in [5.41, 5.74) is 12.0. The Bertz CT molecular complexity index is 4400. The lowest BCUT2D eigenvalue weighted by Gasteiger charge is -2.28. The molecule has 4 atom stereocenters. The fraction of sp³-hybridized carbons (Fsp3) is 0.227. The van der Waals surface area contributed by atoms with Crippen LogP contribution in [0.15, 0.2) is 227 Å². The number of Topliss-reactive ketones (excluding diaryl/α,β-unsaturated/α-hetero) is 1. The van der Waals surface area contributed by atoms with E-state index >= 15 is 0 Å². The van der Waals surface area contributed by atoms with Crippen LogP contribution in [0.4, 0.5) is 10.3 Å². The Morgan fingerprint density at radius 2 is 1.02 bits per heavy atom. The molecule has 0 spiro atoms. The summed E-state index contributed by atoms with van der Waals surface area (Å²) in [6.07, 6.45) is 30.3. The van der Waals surface area contributed by atoms with Crippen LogP contribution in [0.3, 0.4) is 0 Å². The van der Waals surface area contributed by atoms with Gasteiger partial charge in [-0.25, -0.2) is 19.9 Å². The molecule has 1 aliphatic carbocycles. The van der Waals surface area contributed by atoms with Gasteiger partial charge >= 0.3 is 0 Å². The van der Waals surface area contributed by atoms with Gasteiger partial charge in [0.1, 0.15) is 11.2 Å². The fourth-order valence-electron chi connectivity index (χ4n) is 11.2. The molecule has 4 unspecified atom stereocenters. The number of hydrogen-bond acceptors (Lipinski definition) is 18. The molecule has 19 heteroatoms. The Morgan fingerprint density at radius 3 is 1.53 bits per heavy atom. The molecular weight excluding hydrogens is 1270 g/mol. The van der Waals surface area contributed by atoms with Crippen LogP contribution in [0.1, 0.15) is 136 Å². The highest BCUT2D eigenvalue weighted by atomic mass is 35.5. The monoisotopic (exact) mass is 1340 g/mol. The quantitative estimate of drug-likeness (QED) is 0.110. The maximum absolute atomic E-state index is 10.9. The second-order valence-corrected chi connectivity index (χ2v) is 28.1. The summed E-state index contributed by atoms with van der Waals surface area (Å²) in [7, 11) is 0. The molecule has 11 heterocycles. The van der Waals surface area contributed by atoms with Crippen molar-refractivity contribution in [3.8, 4) is 0 Å². The van der Waals surface area contributed by atoms with Gasteiger partial charge in [-0.2, -0.15) is 0 Å². The van der Waals surface area contributed by atoms with Crippen molar-refractivity contribution in [3.63, 3.8) is 0 Å². The third-order valence-electron chi connectivity index (χ3n) is 16.9. The minimum absolute atomic E-state index is 0.0584. The number of rotatable bonds is 12. The Kier molecular flexibility index (Phi) is 22.2. The SMILES string of the molecule is C=C(c1cccnc1)c1cnc(C2CCc3ccccc3C2)s1.CC(=O)c1cccnc1.CC(O)(c1cccnc1)c1cnc(Cl)s1.CC(O)(c1cccnc1)c1cnc(N2CCc3ccccc3C2)s1.CC(c1cccnc1)c1cnc(N2CCc3ccccc3C2)s1. The van der Waals surface area contributed by atoms with Crippen LogP contribution in [0.5, 0.6) is 0 Å². The van der Waals surface area contributed by atoms with E-state index in [1.54, 1.807) is 122 Å². The van der Waals surface area contributed by atoms with Gasteiger partial charge in [0, 0.05) is 152 Å². The van der Waals surface area contributed by atoms with Crippen molar-refractivity contribution in [1.29, 1.82) is 0 Å². The van der Waals surface area contributed by atoms with Crippen LogP contribution in [0.2, 0.25) is 4.47 Å². The molecule has 0 saturated heterocycles. The van der Waals surface area contributed by atoms with E-state index < -0.39 is 11.2 Å². The highest BCUT2D eigenvalue weighted by molar-refractivity contribution is 7.16. The maximum atomic E-state index is 10.9. The van der Waals surface area contributed by atoms with Crippen molar-refractivity contribution >= 4 is 78.6 Å². The number of aliphatic hydroxyl groups is 2. The van der Waals surface area contributed by atoms with Crippen LogP contribution < -0.4 is 9.80 Å². The third kappa shape index (κ3) is 16.7. The van der Waals surface area contributed by atoms with E-state index in [1.165, 1.54) is 73.5 Å². The molecule has 14 nitrogen and oxygen atoms in total. The zero-order valence-corrected chi connectivity index (χ0v) is 56.8. The summed E-state index contributed by atoms with van der Waals surface area (Å²) in [5.74, 6) is 0.931. The van der Waals surface area contributed by atoms with Crippen LogP contribution in [0, 0.1) is 0 Å². The van der Waals surface area contributed by atoms with E-state index in [-0.39, 0.29) is 5.78 Å². The van der Waals surface area contributed by atoms with Gasteiger partial charge in [-0.1, -0.05) is 134 Å². The summed E-state index contributed by atoms with van der Waals surface area (Å²) in [5, 5.41) is 24.6. The summed E-state index contributed by atoms with van der Waals surface area (Å²) < 4.78 is 0.425. The number of carbonyl (C=O) groups excluding carboxylic acids is 1. The van der Waals surface area contributed by atoms with E-state index in [0.717, 1.165) is 94.1 Å². The van der Waals surface area contributed by atoms with Gasteiger partial charge in [0.15, 0.2) is 20.5 Å². The molecule has 2 N–H and O–H groups in total. The van der Waals surface area contributed by atoms with E-state index in [1.807, 2.05) is 67.4 Å². The van der Waals surface area contributed by atoms with Crippen molar-refractivity contribution < 1.29 is 15.0 Å². The molecular formula is C75H72ClN11O3S4. The van der Waals surface area contributed by atoms with E-state index in [9.17, 15) is 15.0 Å². The number of aromatic nitrogens is 9. The van der Waals surface area contributed by atoms with E-state index in [4.69, 9.17) is 16.6 Å². The lowest BCUT2D eigenvalue weighted by Crippen LogP contribution is -2.30. The zero-order valence-electron chi connectivity index (χ0n) is 52.7. The van der Waals surface area contributed by atoms with E-state index in [2.05, 4.69) is 142 Å². The summed E-state index contributed by atoms with van der Waals surface area (Å²) >= 11 is 12.1. The number of carbonyl (C=O) groups is 1. The number of fused-ring (bicyclic) bond motifs is 3. The number of hydrogen-bond donors (Lipinski definition) is 2. The second-order valence-electron chi connectivity index (χ2n) is 23.3. The minimum atomic E-state index is -1.08. The first-order chi connectivity index (χ1) is 45.7. The highest BCUT2D eigenvalue weighted by Crippen LogP contribution is 2.40. The first kappa shape index (κ1) is 66.6. The summed E-state index contributed by atoms with van der Waals surface area (Å²) in [6.45, 7) is 15.3. The van der Waals surface area contributed by atoms with Crippen molar-refractivity contribution in [3.05, 3.63) is 317 Å². The van der Waals surface area contributed by atoms with Crippen molar-refractivity contribution in [1.82, 2.24) is 44.9 Å². The van der Waals surface area contributed by atoms with Gasteiger partial charge in [0.25, 0.3) is 0 Å². The van der Waals surface area contributed by atoms with Crippen molar-refractivity contribution in [2.45, 2.75) is 95.9 Å². The summed E-state index contributed by atoms with van der Waals surface area (Å²) in [4.78, 5) is 57.4. The van der Waals surface area contributed by atoms with Gasteiger partial charge in [-0.15, -0.1) is 34.0 Å². The normalized spacial score (nSPS) is 15.3. The number of halogens is 1. The Labute approximate surface area is 570 Å². The first-order valence-electron chi connectivity index (χ1n) is 31.0. The predicted octanol–water partition coefficient (Wildman–Crippen LogP) is 16.2. The number of pyridine rings is 5. The highest BCUT2D eigenvalue weighted by Gasteiger charge is 2.31. The number of nitrogens with zero attached hydrogens (tertiary/aromatic N) is 11. The molecule has 0 bridgehead atoms.